The number of nitrogens with zero attached hydrogens (tertiary/aromatic N) is 1. The molecule has 0 heterocycles. The van der Waals surface area contributed by atoms with Crippen LogP contribution in [0.25, 0.3) is 0 Å². The lowest BCUT2D eigenvalue weighted by Gasteiger charge is -2.13. The fourth-order valence-corrected chi connectivity index (χ4v) is 3.00. The van der Waals surface area contributed by atoms with E-state index in [4.69, 9.17) is 4.74 Å². The summed E-state index contributed by atoms with van der Waals surface area (Å²) in [7, 11) is 3.49. The van der Waals surface area contributed by atoms with Crippen LogP contribution in [0, 0.1) is 6.92 Å². The summed E-state index contributed by atoms with van der Waals surface area (Å²) < 4.78 is 5.18. The number of ether oxygens (including phenoxy) is 1. The lowest BCUT2D eigenvalue weighted by Crippen LogP contribution is -2.38. The number of hydrogen-bond donors (Lipinski definition) is 2. The van der Waals surface area contributed by atoms with Crippen molar-refractivity contribution in [2.75, 3.05) is 14.2 Å². The maximum Gasteiger partial charge on any atom is 0.191 e. The highest BCUT2D eigenvalue weighted by atomic mass is 127. The molecule has 0 spiro atoms. The number of guanidine groups is 1. The van der Waals surface area contributed by atoms with Gasteiger partial charge in [-0.1, -0.05) is 36.4 Å². The van der Waals surface area contributed by atoms with Crippen LogP contribution in [0.1, 0.15) is 29.0 Å². The van der Waals surface area contributed by atoms with Crippen LogP contribution in [0.3, 0.4) is 0 Å². The molecule has 0 radical (unpaired) electrons. The Morgan fingerprint density at radius 2 is 1.88 bits per heavy atom. The van der Waals surface area contributed by atoms with Gasteiger partial charge >= 0.3 is 0 Å². The van der Waals surface area contributed by atoms with E-state index in [1.165, 1.54) is 16.7 Å². The molecule has 0 aliphatic heterocycles. The van der Waals surface area contributed by atoms with Crippen molar-refractivity contribution in [3.05, 3.63) is 65.2 Å². The number of methoxy groups -OCH3 is 1. The maximum absolute atomic E-state index is 5.18. The van der Waals surface area contributed by atoms with E-state index < -0.39 is 0 Å². The summed E-state index contributed by atoms with van der Waals surface area (Å²) in [5, 5.41) is 6.90. The van der Waals surface area contributed by atoms with E-state index in [0.29, 0.717) is 12.0 Å². The third-order valence-corrected chi connectivity index (χ3v) is 4.54. The van der Waals surface area contributed by atoms with Crippen LogP contribution in [0.15, 0.2) is 53.5 Å². The van der Waals surface area contributed by atoms with Crippen molar-refractivity contribution in [1.82, 2.24) is 10.6 Å². The molecule has 2 N–H and O–H groups in total. The fourth-order valence-electron chi connectivity index (χ4n) is 3.00. The molecule has 2 aromatic rings. The third kappa shape index (κ3) is 5.11. The number of aryl methyl sites for hydroxylation is 1. The monoisotopic (exact) mass is 451 g/mol. The zero-order valence-corrected chi connectivity index (χ0v) is 17.3. The molecule has 3 rings (SSSR count). The molecular formula is C20H26IN3O. The highest BCUT2D eigenvalue weighted by Crippen LogP contribution is 2.41. The Morgan fingerprint density at radius 3 is 2.52 bits per heavy atom. The lowest BCUT2D eigenvalue weighted by atomic mass is 10.0. The van der Waals surface area contributed by atoms with E-state index in [1.807, 2.05) is 19.2 Å². The van der Waals surface area contributed by atoms with E-state index in [2.05, 4.69) is 58.9 Å². The largest absolute Gasteiger partial charge is 0.497 e. The number of nitrogens with one attached hydrogen (secondary N) is 2. The maximum atomic E-state index is 5.18. The van der Waals surface area contributed by atoms with E-state index in [0.717, 1.165) is 24.7 Å². The van der Waals surface area contributed by atoms with Crippen LogP contribution < -0.4 is 15.4 Å². The summed E-state index contributed by atoms with van der Waals surface area (Å²) in [6, 6.07) is 17.2. The lowest BCUT2D eigenvalue weighted by molar-refractivity contribution is 0.414. The van der Waals surface area contributed by atoms with E-state index in [9.17, 15) is 0 Å². The molecule has 2 unspecified atom stereocenters. The average molecular weight is 451 g/mol. The molecule has 1 fully saturated rings. The molecule has 2 atom stereocenters. The van der Waals surface area contributed by atoms with Crippen LogP contribution in [-0.2, 0) is 6.54 Å². The molecular weight excluding hydrogens is 425 g/mol. The van der Waals surface area contributed by atoms with E-state index in [-0.39, 0.29) is 24.0 Å². The van der Waals surface area contributed by atoms with Gasteiger partial charge in [0.15, 0.2) is 5.96 Å². The van der Waals surface area contributed by atoms with Gasteiger partial charge in [-0.15, -0.1) is 24.0 Å². The molecule has 1 aliphatic rings. The van der Waals surface area contributed by atoms with Gasteiger partial charge in [0.05, 0.1) is 7.11 Å². The number of halogens is 1. The molecule has 5 heteroatoms. The summed E-state index contributed by atoms with van der Waals surface area (Å²) in [4.78, 5) is 4.34. The van der Waals surface area contributed by atoms with Gasteiger partial charge in [0.25, 0.3) is 0 Å². The molecule has 25 heavy (non-hydrogen) atoms. The van der Waals surface area contributed by atoms with Gasteiger partial charge in [0.2, 0.25) is 0 Å². The summed E-state index contributed by atoms with van der Waals surface area (Å²) in [6.07, 6.45) is 1.16. The Balaban J connectivity index is 0.00000225. The highest BCUT2D eigenvalue weighted by molar-refractivity contribution is 14.0. The molecule has 2 aromatic carbocycles. The topological polar surface area (TPSA) is 45.7 Å². The average Bonchev–Trinajstić information content (AvgIpc) is 3.38. The minimum Gasteiger partial charge on any atom is -0.497 e. The number of benzene rings is 2. The van der Waals surface area contributed by atoms with Gasteiger partial charge in [0.1, 0.15) is 5.75 Å². The van der Waals surface area contributed by atoms with Crippen molar-refractivity contribution in [2.24, 2.45) is 4.99 Å². The standard InChI is InChI=1S/C20H25N3O.HI/c1-14-6-4-5-7-17(14)18-12-19(18)23-20(21-2)22-13-15-8-10-16(24-3)11-9-15;/h4-11,18-19H,12-13H2,1-3H3,(H2,21,22,23);1H. The molecule has 1 aliphatic carbocycles. The zero-order chi connectivity index (χ0) is 16.9. The third-order valence-electron chi connectivity index (χ3n) is 4.54. The zero-order valence-electron chi connectivity index (χ0n) is 15.0. The second kappa shape index (κ2) is 9.08. The van der Waals surface area contributed by atoms with Crippen molar-refractivity contribution < 1.29 is 4.74 Å². The Bertz CT molecular complexity index is 715. The molecule has 1 saturated carbocycles. The Morgan fingerprint density at radius 1 is 1.16 bits per heavy atom. The van der Waals surface area contributed by atoms with Crippen molar-refractivity contribution in [3.8, 4) is 5.75 Å². The predicted molar refractivity (Wildman–Crippen MR) is 114 cm³/mol. The summed E-state index contributed by atoms with van der Waals surface area (Å²) in [6.45, 7) is 2.92. The first-order valence-corrected chi connectivity index (χ1v) is 8.37. The minimum atomic E-state index is 0. The normalized spacial score (nSPS) is 18.9. The van der Waals surface area contributed by atoms with Gasteiger partial charge in [-0.05, 0) is 42.2 Å². The van der Waals surface area contributed by atoms with E-state index in [1.54, 1.807) is 7.11 Å². The molecule has 134 valence electrons. The Hall–Kier alpha value is -1.76. The van der Waals surface area contributed by atoms with Gasteiger partial charge in [0, 0.05) is 25.6 Å². The molecule has 0 saturated heterocycles. The first-order valence-electron chi connectivity index (χ1n) is 8.37. The van der Waals surface area contributed by atoms with Gasteiger partial charge < -0.3 is 15.4 Å². The van der Waals surface area contributed by atoms with Crippen LogP contribution >= 0.6 is 24.0 Å². The fraction of sp³-hybridized carbons (Fsp3) is 0.350. The quantitative estimate of drug-likeness (QED) is 0.413. The molecule has 0 bridgehead atoms. The molecule has 0 amide bonds. The second-order valence-corrected chi connectivity index (χ2v) is 6.22. The number of aliphatic imine (C=N–C) groups is 1. The van der Waals surface area contributed by atoms with Crippen molar-refractivity contribution >= 4 is 29.9 Å². The Kier molecular flexibility index (Phi) is 7.11. The van der Waals surface area contributed by atoms with Crippen molar-refractivity contribution in [2.45, 2.75) is 31.8 Å². The number of hydrogen-bond acceptors (Lipinski definition) is 2. The van der Waals surface area contributed by atoms with Crippen molar-refractivity contribution in [3.63, 3.8) is 0 Å². The van der Waals surface area contributed by atoms with Crippen LogP contribution in [0.2, 0.25) is 0 Å². The molecule has 0 aromatic heterocycles. The highest BCUT2D eigenvalue weighted by Gasteiger charge is 2.39. The number of rotatable bonds is 5. The first kappa shape index (κ1) is 19.6. The predicted octanol–water partition coefficient (Wildman–Crippen LogP) is 3.84. The minimum absolute atomic E-state index is 0. The first-order chi connectivity index (χ1) is 11.7. The second-order valence-electron chi connectivity index (χ2n) is 6.22. The van der Waals surface area contributed by atoms with Crippen molar-refractivity contribution in [1.29, 1.82) is 0 Å². The van der Waals surface area contributed by atoms with Crippen LogP contribution in [-0.4, -0.2) is 26.2 Å². The summed E-state index contributed by atoms with van der Waals surface area (Å²) in [5.74, 6) is 2.32. The van der Waals surface area contributed by atoms with Gasteiger partial charge in [-0.25, -0.2) is 0 Å². The SMILES string of the molecule is CN=C(NCc1ccc(OC)cc1)NC1CC1c1ccccc1C.I. The summed E-state index contributed by atoms with van der Waals surface area (Å²) in [5.41, 5.74) is 4.01. The Labute approximate surface area is 167 Å². The van der Waals surface area contributed by atoms with Crippen LogP contribution in [0.5, 0.6) is 5.75 Å². The van der Waals surface area contributed by atoms with Gasteiger partial charge in [-0.2, -0.15) is 0 Å². The summed E-state index contributed by atoms with van der Waals surface area (Å²) >= 11 is 0. The van der Waals surface area contributed by atoms with Gasteiger partial charge in [-0.3, -0.25) is 4.99 Å². The van der Waals surface area contributed by atoms with Crippen LogP contribution in [0.4, 0.5) is 0 Å². The van der Waals surface area contributed by atoms with E-state index >= 15 is 0 Å². The smallest absolute Gasteiger partial charge is 0.191 e. The molecule has 4 nitrogen and oxygen atoms in total.